The zero-order valence-corrected chi connectivity index (χ0v) is 13.7. The van der Waals surface area contributed by atoms with Crippen LogP contribution in [-0.2, 0) is 11.2 Å². The molecule has 3 heteroatoms. The van der Waals surface area contributed by atoms with Crippen molar-refractivity contribution in [2.45, 2.75) is 36.8 Å². The molecule has 0 aliphatic rings. The quantitative estimate of drug-likeness (QED) is 0.597. The van der Waals surface area contributed by atoms with Crippen molar-refractivity contribution in [1.29, 1.82) is 0 Å². The summed E-state index contributed by atoms with van der Waals surface area (Å²) in [4.78, 5) is 0.967. The summed E-state index contributed by atoms with van der Waals surface area (Å²) in [5, 5.41) is 0.723. The second kappa shape index (κ2) is 6.11. The summed E-state index contributed by atoms with van der Waals surface area (Å²) in [6, 6.07) is 14.4. The van der Waals surface area contributed by atoms with Crippen LogP contribution in [0.25, 0.3) is 0 Å². The highest BCUT2D eigenvalue weighted by Crippen LogP contribution is 2.34. The predicted octanol–water partition coefficient (Wildman–Crippen LogP) is 5.51. The van der Waals surface area contributed by atoms with Crippen molar-refractivity contribution in [3.8, 4) is 0 Å². The first-order valence-corrected chi connectivity index (χ1v) is 8.00. The molecule has 0 fully saturated rings. The first-order chi connectivity index (χ1) is 9.38. The van der Waals surface area contributed by atoms with Crippen molar-refractivity contribution >= 4 is 29.1 Å². The van der Waals surface area contributed by atoms with Gasteiger partial charge < -0.3 is 5.73 Å². The van der Waals surface area contributed by atoms with Gasteiger partial charge in [-0.2, -0.15) is 0 Å². The molecule has 2 rings (SSSR count). The van der Waals surface area contributed by atoms with Gasteiger partial charge in [-0.25, -0.2) is 0 Å². The molecule has 0 saturated heterocycles. The van der Waals surface area contributed by atoms with Gasteiger partial charge >= 0.3 is 0 Å². The lowest BCUT2D eigenvalue weighted by Gasteiger charge is -2.19. The Kier molecular flexibility index (Phi) is 4.66. The molecule has 0 amide bonds. The van der Waals surface area contributed by atoms with Crippen LogP contribution in [0.15, 0.2) is 47.4 Å². The van der Waals surface area contributed by atoms with Crippen molar-refractivity contribution in [2.75, 3.05) is 5.73 Å². The van der Waals surface area contributed by atoms with E-state index in [4.69, 9.17) is 17.3 Å². The van der Waals surface area contributed by atoms with Gasteiger partial charge in [0.1, 0.15) is 0 Å². The molecular weight excluding hydrogens is 286 g/mol. The van der Waals surface area contributed by atoms with Crippen LogP contribution < -0.4 is 5.73 Å². The fourth-order valence-corrected chi connectivity index (χ4v) is 3.22. The van der Waals surface area contributed by atoms with Crippen molar-refractivity contribution in [3.05, 3.63) is 58.6 Å². The Balaban J connectivity index is 2.08. The van der Waals surface area contributed by atoms with E-state index < -0.39 is 0 Å². The summed E-state index contributed by atoms with van der Waals surface area (Å²) in [6.07, 6.45) is 0. The molecule has 2 N–H and O–H groups in total. The maximum atomic E-state index is 6.18. The molecule has 20 heavy (non-hydrogen) atoms. The third-order valence-corrected chi connectivity index (χ3v) is 4.85. The number of nitrogen functional groups attached to an aromatic ring is 1. The number of hydrogen-bond acceptors (Lipinski definition) is 2. The van der Waals surface area contributed by atoms with E-state index in [-0.39, 0.29) is 5.41 Å². The maximum Gasteiger partial charge on any atom is 0.0562 e. The normalized spacial score (nSPS) is 11.6. The minimum absolute atomic E-state index is 0.193. The molecule has 0 bridgehead atoms. The number of benzene rings is 2. The minimum atomic E-state index is 0.193. The summed E-state index contributed by atoms with van der Waals surface area (Å²) in [5.41, 5.74) is 9.53. The van der Waals surface area contributed by atoms with Crippen molar-refractivity contribution in [3.63, 3.8) is 0 Å². The average Bonchev–Trinajstić information content (AvgIpc) is 2.37. The lowest BCUT2D eigenvalue weighted by molar-refractivity contribution is 0.590. The topological polar surface area (TPSA) is 26.0 Å². The molecule has 0 unspecified atom stereocenters. The zero-order chi connectivity index (χ0) is 14.8. The van der Waals surface area contributed by atoms with Crippen LogP contribution in [0.1, 0.15) is 31.9 Å². The third-order valence-electron chi connectivity index (χ3n) is 3.20. The predicted molar refractivity (Wildman–Crippen MR) is 90.6 cm³/mol. The molecule has 0 spiro atoms. The molecule has 0 atom stereocenters. The third kappa shape index (κ3) is 3.71. The molecule has 0 aliphatic carbocycles. The van der Waals surface area contributed by atoms with Crippen molar-refractivity contribution in [2.24, 2.45) is 0 Å². The largest absolute Gasteiger partial charge is 0.398 e. The van der Waals surface area contributed by atoms with Gasteiger partial charge in [0.25, 0.3) is 0 Å². The monoisotopic (exact) mass is 305 g/mol. The Morgan fingerprint density at radius 2 is 1.70 bits per heavy atom. The fourth-order valence-electron chi connectivity index (χ4n) is 1.93. The number of halogens is 1. The van der Waals surface area contributed by atoms with Crippen LogP contribution >= 0.6 is 23.4 Å². The van der Waals surface area contributed by atoms with E-state index in [1.807, 2.05) is 18.2 Å². The van der Waals surface area contributed by atoms with Crippen LogP contribution in [0.3, 0.4) is 0 Å². The highest BCUT2D eigenvalue weighted by molar-refractivity contribution is 7.98. The summed E-state index contributed by atoms with van der Waals surface area (Å²) < 4.78 is 0. The maximum absolute atomic E-state index is 6.18. The van der Waals surface area contributed by atoms with E-state index in [0.717, 1.165) is 21.4 Å². The first-order valence-electron chi connectivity index (χ1n) is 6.64. The molecule has 2 aromatic rings. The second-order valence-corrected chi connectivity index (χ2v) is 7.29. The van der Waals surface area contributed by atoms with E-state index >= 15 is 0 Å². The highest BCUT2D eigenvalue weighted by Gasteiger charge is 2.13. The van der Waals surface area contributed by atoms with Gasteiger partial charge in [0.05, 0.1) is 5.02 Å². The first kappa shape index (κ1) is 15.3. The molecule has 0 aromatic heterocycles. The number of nitrogens with two attached hydrogens (primary N) is 1. The van der Waals surface area contributed by atoms with Crippen LogP contribution in [-0.4, -0.2) is 0 Å². The Hall–Kier alpha value is -1.12. The van der Waals surface area contributed by atoms with E-state index in [1.165, 1.54) is 11.1 Å². The second-order valence-electron chi connectivity index (χ2n) is 5.89. The minimum Gasteiger partial charge on any atom is -0.398 e. The van der Waals surface area contributed by atoms with Crippen LogP contribution in [0.2, 0.25) is 5.02 Å². The van der Waals surface area contributed by atoms with E-state index in [0.29, 0.717) is 0 Å². The average molecular weight is 306 g/mol. The van der Waals surface area contributed by atoms with Gasteiger partial charge in [0, 0.05) is 16.3 Å². The summed E-state index contributed by atoms with van der Waals surface area (Å²) in [7, 11) is 0. The fraction of sp³-hybridized carbons (Fsp3) is 0.294. The van der Waals surface area contributed by atoms with E-state index in [2.05, 4.69) is 45.0 Å². The van der Waals surface area contributed by atoms with Gasteiger partial charge in [-0.3, -0.25) is 0 Å². The SMILES string of the molecule is CC(C)(C)c1ccc(CSc2c(N)cccc2Cl)cc1. The van der Waals surface area contributed by atoms with Crippen LogP contribution in [0.4, 0.5) is 5.69 Å². The summed E-state index contributed by atoms with van der Waals surface area (Å²) >= 11 is 7.86. The van der Waals surface area contributed by atoms with Crippen LogP contribution in [0, 0.1) is 0 Å². The summed E-state index contributed by atoms with van der Waals surface area (Å²) in [6.45, 7) is 6.67. The molecule has 0 saturated carbocycles. The zero-order valence-electron chi connectivity index (χ0n) is 12.1. The Morgan fingerprint density at radius 3 is 2.25 bits per heavy atom. The van der Waals surface area contributed by atoms with Crippen LogP contribution in [0.5, 0.6) is 0 Å². The Bertz CT molecular complexity index is 565. The van der Waals surface area contributed by atoms with Gasteiger partial charge in [-0.05, 0) is 28.7 Å². The van der Waals surface area contributed by atoms with Gasteiger partial charge in [0.2, 0.25) is 0 Å². The molecule has 0 aliphatic heterocycles. The number of anilines is 1. The molecular formula is C17H20ClNS. The van der Waals surface area contributed by atoms with E-state index in [9.17, 15) is 0 Å². The molecule has 106 valence electrons. The van der Waals surface area contributed by atoms with Crippen molar-refractivity contribution in [1.82, 2.24) is 0 Å². The number of thioether (sulfide) groups is 1. The smallest absolute Gasteiger partial charge is 0.0562 e. The number of hydrogen-bond donors (Lipinski definition) is 1. The lowest BCUT2D eigenvalue weighted by atomic mass is 9.87. The summed E-state index contributed by atoms with van der Waals surface area (Å²) in [5.74, 6) is 0.873. The highest BCUT2D eigenvalue weighted by atomic mass is 35.5. The van der Waals surface area contributed by atoms with Gasteiger partial charge in [0.15, 0.2) is 0 Å². The molecule has 1 nitrogen and oxygen atoms in total. The van der Waals surface area contributed by atoms with Gasteiger partial charge in [-0.15, -0.1) is 11.8 Å². The molecule has 2 aromatic carbocycles. The number of rotatable bonds is 3. The van der Waals surface area contributed by atoms with Gasteiger partial charge in [-0.1, -0.05) is 62.7 Å². The molecule has 0 radical (unpaired) electrons. The standard InChI is InChI=1S/C17H20ClNS/c1-17(2,3)13-9-7-12(8-10-13)11-20-16-14(18)5-4-6-15(16)19/h4-10H,11,19H2,1-3H3. The van der Waals surface area contributed by atoms with Crippen molar-refractivity contribution < 1.29 is 0 Å². The van der Waals surface area contributed by atoms with E-state index in [1.54, 1.807) is 11.8 Å². The lowest BCUT2D eigenvalue weighted by Crippen LogP contribution is -2.10. The Labute approximate surface area is 130 Å². The Morgan fingerprint density at radius 1 is 1.05 bits per heavy atom. The molecule has 0 heterocycles.